The molecule has 2 heterocycles. The Morgan fingerprint density at radius 2 is 2.00 bits per heavy atom. The first-order valence-corrected chi connectivity index (χ1v) is 7.27. The lowest BCUT2D eigenvalue weighted by Gasteiger charge is -2.36. The highest BCUT2D eigenvalue weighted by Gasteiger charge is 2.39. The molecule has 1 aliphatic rings. The van der Waals surface area contributed by atoms with E-state index < -0.39 is 0 Å². The lowest BCUT2D eigenvalue weighted by atomic mass is 10.0. The van der Waals surface area contributed by atoms with Gasteiger partial charge in [0.05, 0.1) is 13.6 Å². The maximum absolute atomic E-state index is 5.70. The van der Waals surface area contributed by atoms with Crippen LogP contribution in [0.25, 0.3) is 0 Å². The van der Waals surface area contributed by atoms with Crippen molar-refractivity contribution in [2.75, 3.05) is 19.3 Å². The molecule has 3 nitrogen and oxygen atoms in total. The van der Waals surface area contributed by atoms with E-state index in [0.29, 0.717) is 11.9 Å². The second-order valence-electron chi connectivity index (χ2n) is 6.02. The van der Waals surface area contributed by atoms with Gasteiger partial charge in [-0.15, -0.1) is 0 Å². The Morgan fingerprint density at radius 1 is 1.20 bits per heavy atom. The Hall–Kier alpha value is -1.87. The number of nitrogens with two attached hydrogens (primary N) is 1. The van der Waals surface area contributed by atoms with Crippen LogP contribution >= 0.6 is 0 Å². The minimum Gasteiger partial charge on any atom is -0.384 e. The van der Waals surface area contributed by atoms with E-state index in [-0.39, 0.29) is 0 Å². The van der Waals surface area contributed by atoms with Crippen molar-refractivity contribution in [1.82, 2.24) is 4.98 Å². The maximum atomic E-state index is 5.70. The summed E-state index contributed by atoms with van der Waals surface area (Å²) in [6, 6.07) is 15.4. The van der Waals surface area contributed by atoms with Crippen LogP contribution in [0.15, 0.2) is 48.7 Å². The molecule has 1 aromatic carbocycles. The van der Waals surface area contributed by atoms with Crippen molar-refractivity contribution in [2.24, 2.45) is 0 Å². The first-order valence-electron chi connectivity index (χ1n) is 7.27. The average Bonchev–Trinajstić information content (AvgIpc) is 2.82. The molecule has 0 bridgehead atoms. The third-order valence-electron chi connectivity index (χ3n) is 4.48. The Bertz CT molecular complexity index is 565. The molecule has 2 N–H and O–H groups in total. The molecule has 20 heavy (non-hydrogen) atoms. The summed E-state index contributed by atoms with van der Waals surface area (Å²) in [7, 11) is 2.36. The highest BCUT2D eigenvalue weighted by Crippen LogP contribution is 2.39. The van der Waals surface area contributed by atoms with E-state index in [1.54, 1.807) is 0 Å². The molecule has 0 radical (unpaired) electrons. The van der Waals surface area contributed by atoms with Crippen LogP contribution in [-0.2, 0) is 6.54 Å². The van der Waals surface area contributed by atoms with E-state index in [1.165, 1.54) is 30.5 Å². The van der Waals surface area contributed by atoms with Crippen LogP contribution in [0.1, 0.15) is 30.0 Å². The van der Waals surface area contributed by atoms with Crippen molar-refractivity contribution in [3.05, 3.63) is 59.8 Å². The summed E-state index contributed by atoms with van der Waals surface area (Å²) in [5.74, 6) is 0.601. The van der Waals surface area contributed by atoms with Gasteiger partial charge in [0.15, 0.2) is 0 Å². The summed E-state index contributed by atoms with van der Waals surface area (Å²) < 4.78 is 1.07. The van der Waals surface area contributed by atoms with Crippen LogP contribution in [0.3, 0.4) is 0 Å². The normalized spacial score (nSPS) is 25.8. The summed E-state index contributed by atoms with van der Waals surface area (Å²) in [6.07, 6.45) is 4.46. The number of quaternary nitrogens is 1. The molecule has 1 saturated heterocycles. The maximum Gasteiger partial charge on any atom is 0.123 e. The second-order valence-corrected chi connectivity index (χ2v) is 6.02. The van der Waals surface area contributed by atoms with Gasteiger partial charge < -0.3 is 10.2 Å². The molecule has 0 unspecified atom stereocenters. The lowest BCUT2D eigenvalue weighted by Crippen LogP contribution is -2.42. The number of hydrogen-bond donors (Lipinski definition) is 1. The molecule has 1 aliphatic heterocycles. The van der Waals surface area contributed by atoms with Gasteiger partial charge in [-0.05, 0) is 12.1 Å². The lowest BCUT2D eigenvalue weighted by molar-refractivity contribution is -0.939. The van der Waals surface area contributed by atoms with Gasteiger partial charge in [-0.1, -0.05) is 30.3 Å². The standard InChI is InChI=1S/C17H22N3/c1-20(13-14-6-3-2-4-7-14)11-5-8-16(20)15-9-10-17(18)19-12-15/h2-4,6-7,9-10,12,16H,5,8,11,13H2,1H3,(H2,18,19)/q+1/t16-,20-/m0/s1. The zero-order chi connectivity index (χ0) is 14.0. The predicted octanol–water partition coefficient (Wildman–Crippen LogP) is 3.15. The number of rotatable bonds is 3. The molecule has 0 saturated carbocycles. The Kier molecular flexibility index (Phi) is 3.45. The number of hydrogen-bond acceptors (Lipinski definition) is 2. The molecule has 0 amide bonds. The Balaban J connectivity index is 1.85. The first-order chi connectivity index (χ1) is 9.67. The van der Waals surface area contributed by atoms with Crippen molar-refractivity contribution >= 4 is 5.82 Å². The number of anilines is 1. The number of pyridine rings is 1. The Morgan fingerprint density at radius 3 is 2.70 bits per heavy atom. The fourth-order valence-corrected chi connectivity index (χ4v) is 3.44. The number of aromatic nitrogens is 1. The van der Waals surface area contributed by atoms with Crippen molar-refractivity contribution in [1.29, 1.82) is 0 Å². The minimum atomic E-state index is 0.531. The molecule has 0 aliphatic carbocycles. The highest BCUT2D eigenvalue weighted by atomic mass is 15.4. The van der Waals surface area contributed by atoms with Crippen LogP contribution in [-0.4, -0.2) is 23.1 Å². The van der Waals surface area contributed by atoms with Crippen LogP contribution in [0.5, 0.6) is 0 Å². The quantitative estimate of drug-likeness (QED) is 0.869. The van der Waals surface area contributed by atoms with Gasteiger partial charge in [0.25, 0.3) is 0 Å². The number of nitrogen functional groups attached to an aromatic ring is 1. The number of benzene rings is 1. The smallest absolute Gasteiger partial charge is 0.123 e. The van der Waals surface area contributed by atoms with Gasteiger partial charge in [-0.2, -0.15) is 0 Å². The Labute approximate surface area is 120 Å². The van der Waals surface area contributed by atoms with Crippen molar-refractivity contribution < 1.29 is 4.48 Å². The van der Waals surface area contributed by atoms with Crippen molar-refractivity contribution in [2.45, 2.75) is 25.4 Å². The van der Waals surface area contributed by atoms with Gasteiger partial charge in [0.2, 0.25) is 0 Å². The van der Waals surface area contributed by atoms with E-state index in [0.717, 1.165) is 11.0 Å². The van der Waals surface area contributed by atoms with E-state index in [2.05, 4.69) is 48.4 Å². The predicted molar refractivity (Wildman–Crippen MR) is 81.8 cm³/mol. The van der Waals surface area contributed by atoms with E-state index >= 15 is 0 Å². The monoisotopic (exact) mass is 268 g/mol. The molecular weight excluding hydrogens is 246 g/mol. The number of nitrogens with zero attached hydrogens (tertiary/aromatic N) is 2. The summed E-state index contributed by atoms with van der Waals surface area (Å²) in [6.45, 7) is 2.31. The van der Waals surface area contributed by atoms with Gasteiger partial charge in [-0.25, -0.2) is 4.98 Å². The van der Waals surface area contributed by atoms with E-state index in [9.17, 15) is 0 Å². The third kappa shape index (κ3) is 2.54. The molecule has 0 spiro atoms. The SMILES string of the molecule is C[N@@+]1(Cc2ccccc2)CCC[C@H]1c1ccc(N)nc1. The van der Waals surface area contributed by atoms with Gasteiger partial charge >= 0.3 is 0 Å². The molecule has 2 aromatic rings. The second kappa shape index (κ2) is 5.25. The molecular formula is C17H22N3+. The van der Waals surface area contributed by atoms with Crippen LogP contribution < -0.4 is 5.73 Å². The van der Waals surface area contributed by atoms with Gasteiger partial charge in [-0.3, -0.25) is 0 Å². The topological polar surface area (TPSA) is 38.9 Å². The molecule has 2 atom stereocenters. The molecule has 3 rings (SSSR count). The van der Waals surface area contributed by atoms with Gasteiger partial charge in [0.1, 0.15) is 18.4 Å². The largest absolute Gasteiger partial charge is 0.384 e. The zero-order valence-electron chi connectivity index (χ0n) is 12.0. The minimum absolute atomic E-state index is 0.531. The third-order valence-corrected chi connectivity index (χ3v) is 4.48. The fourth-order valence-electron chi connectivity index (χ4n) is 3.44. The van der Waals surface area contributed by atoms with Crippen molar-refractivity contribution in [3.63, 3.8) is 0 Å². The molecule has 3 heteroatoms. The van der Waals surface area contributed by atoms with E-state index in [4.69, 9.17) is 5.73 Å². The van der Waals surface area contributed by atoms with Crippen LogP contribution in [0.4, 0.5) is 5.82 Å². The molecule has 1 fully saturated rings. The average molecular weight is 268 g/mol. The van der Waals surface area contributed by atoms with Crippen LogP contribution in [0, 0.1) is 0 Å². The van der Waals surface area contributed by atoms with Gasteiger partial charge in [0, 0.05) is 30.2 Å². The fraction of sp³-hybridized carbons (Fsp3) is 0.353. The van der Waals surface area contributed by atoms with E-state index in [1.807, 2.05) is 12.3 Å². The summed E-state index contributed by atoms with van der Waals surface area (Å²) in [5.41, 5.74) is 8.42. The first kappa shape index (κ1) is 13.1. The summed E-state index contributed by atoms with van der Waals surface area (Å²) >= 11 is 0. The van der Waals surface area contributed by atoms with Crippen molar-refractivity contribution in [3.8, 4) is 0 Å². The highest BCUT2D eigenvalue weighted by molar-refractivity contribution is 5.30. The number of likely N-dealkylation sites (tertiary alicyclic amines) is 1. The van der Waals surface area contributed by atoms with Crippen LogP contribution in [0.2, 0.25) is 0 Å². The molecule has 104 valence electrons. The summed E-state index contributed by atoms with van der Waals surface area (Å²) in [4.78, 5) is 4.26. The zero-order valence-corrected chi connectivity index (χ0v) is 12.0. The molecule has 1 aromatic heterocycles. The summed E-state index contributed by atoms with van der Waals surface area (Å²) in [5, 5.41) is 0.